The fourth-order valence-corrected chi connectivity index (χ4v) is 2.95. The molecule has 0 aromatic heterocycles. The molecule has 0 fully saturated rings. The predicted octanol–water partition coefficient (Wildman–Crippen LogP) is 5.35. The maximum absolute atomic E-state index is 3.69. The van der Waals surface area contributed by atoms with Crippen LogP contribution in [0.2, 0.25) is 0 Å². The van der Waals surface area contributed by atoms with E-state index in [9.17, 15) is 0 Å². The van der Waals surface area contributed by atoms with Gasteiger partial charge in [0.25, 0.3) is 0 Å². The van der Waals surface area contributed by atoms with Crippen molar-refractivity contribution in [2.75, 3.05) is 6.54 Å². The van der Waals surface area contributed by atoms with Gasteiger partial charge in [0, 0.05) is 10.5 Å². The first-order valence-corrected chi connectivity index (χ1v) is 8.44. The lowest BCUT2D eigenvalue weighted by atomic mass is 9.96. The van der Waals surface area contributed by atoms with Crippen LogP contribution in [0.1, 0.15) is 41.6 Å². The summed E-state index contributed by atoms with van der Waals surface area (Å²) in [4.78, 5) is 0. The number of hydrogen-bond donors (Lipinski definition) is 1. The van der Waals surface area contributed by atoms with E-state index in [-0.39, 0.29) is 0 Å². The maximum atomic E-state index is 3.69. The van der Waals surface area contributed by atoms with Gasteiger partial charge in [-0.25, -0.2) is 0 Å². The highest BCUT2D eigenvalue weighted by molar-refractivity contribution is 9.10. The molecule has 0 saturated carbocycles. The summed E-state index contributed by atoms with van der Waals surface area (Å²) in [6.45, 7) is 7.62. The van der Waals surface area contributed by atoms with Crippen LogP contribution in [-0.2, 0) is 6.42 Å². The van der Waals surface area contributed by atoms with E-state index < -0.39 is 0 Å². The molecule has 0 aliphatic carbocycles. The molecule has 1 unspecified atom stereocenters. The molecule has 2 aromatic rings. The van der Waals surface area contributed by atoms with Crippen LogP contribution in [0.4, 0.5) is 0 Å². The van der Waals surface area contributed by atoms with Crippen molar-refractivity contribution in [2.45, 2.75) is 39.7 Å². The highest BCUT2D eigenvalue weighted by Crippen LogP contribution is 2.22. The van der Waals surface area contributed by atoms with Crippen LogP contribution < -0.4 is 5.32 Å². The van der Waals surface area contributed by atoms with Gasteiger partial charge in [-0.15, -0.1) is 0 Å². The molecule has 0 bridgehead atoms. The van der Waals surface area contributed by atoms with E-state index in [1.807, 2.05) is 0 Å². The van der Waals surface area contributed by atoms with Crippen LogP contribution in [0.25, 0.3) is 0 Å². The molecule has 0 amide bonds. The summed E-state index contributed by atoms with van der Waals surface area (Å²) in [5.74, 6) is 0. The summed E-state index contributed by atoms with van der Waals surface area (Å²) in [6.07, 6.45) is 2.17. The summed E-state index contributed by atoms with van der Waals surface area (Å²) < 4.78 is 1.15. The van der Waals surface area contributed by atoms with Gasteiger partial charge >= 0.3 is 0 Å². The zero-order chi connectivity index (χ0) is 15.2. The molecular weight excluding hydrogens is 322 g/mol. The van der Waals surface area contributed by atoms with Crippen LogP contribution in [0, 0.1) is 13.8 Å². The fourth-order valence-electron chi connectivity index (χ4n) is 2.51. The highest BCUT2D eigenvalue weighted by atomic mass is 79.9. The van der Waals surface area contributed by atoms with Gasteiger partial charge in [0.2, 0.25) is 0 Å². The lowest BCUT2D eigenvalue weighted by Crippen LogP contribution is -2.24. The summed E-state index contributed by atoms with van der Waals surface area (Å²) in [6, 6.07) is 15.8. The normalized spacial score (nSPS) is 12.4. The highest BCUT2D eigenvalue weighted by Gasteiger charge is 2.12. The Kier molecular flexibility index (Phi) is 6.01. The van der Waals surface area contributed by atoms with E-state index in [4.69, 9.17) is 0 Å². The van der Waals surface area contributed by atoms with Gasteiger partial charge in [0.15, 0.2) is 0 Å². The topological polar surface area (TPSA) is 12.0 Å². The molecule has 0 aliphatic heterocycles. The van der Waals surface area contributed by atoms with Gasteiger partial charge in [-0.05, 0) is 67.6 Å². The maximum Gasteiger partial charge on any atom is 0.0360 e. The minimum absolute atomic E-state index is 0.374. The molecule has 0 saturated heterocycles. The van der Waals surface area contributed by atoms with E-state index in [1.54, 1.807) is 0 Å². The summed E-state index contributed by atoms with van der Waals surface area (Å²) in [5, 5.41) is 3.69. The van der Waals surface area contributed by atoms with E-state index in [0.29, 0.717) is 6.04 Å². The van der Waals surface area contributed by atoms with Crippen molar-refractivity contribution in [3.63, 3.8) is 0 Å². The number of nitrogens with one attached hydrogen (secondary N) is 1. The SMILES string of the molecule is CCCNC(Cc1cccc(Br)c1)c1ccc(C)c(C)c1. The van der Waals surface area contributed by atoms with Crippen molar-refractivity contribution in [1.82, 2.24) is 5.32 Å². The molecule has 1 nitrogen and oxygen atoms in total. The van der Waals surface area contributed by atoms with Crippen LogP contribution in [0.3, 0.4) is 0 Å². The summed E-state index contributed by atoms with van der Waals surface area (Å²) >= 11 is 3.56. The lowest BCUT2D eigenvalue weighted by molar-refractivity contribution is 0.529. The van der Waals surface area contributed by atoms with Crippen LogP contribution in [0.15, 0.2) is 46.9 Å². The summed E-state index contributed by atoms with van der Waals surface area (Å²) in [5.41, 5.74) is 5.46. The Morgan fingerprint density at radius 3 is 2.52 bits per heavy atom. The molecule has 0 aliphatic rings. The third-order valence-electron chi connectivity index (χ3n) is 3.90. The van der Waals surface area contributed by atoms with Crippen molar-refractivity contribution in [1.29, 1.82) is 0 Å². The van der Waals surface area contributed by atoms with E-state index in [2.05, 4.69) is 84.5 Å². The first kappa shape index (κ1) is 16.3. The largest absolute Gasteiger partial charge is 0.310 e. The number of aryl methyl sites for hydroxylation is 2. The summed E-state index contributed by atoms with van der Waals surface area (Å²) in [7, 11) is 0. The number of hydrogen-bond acceptors (Lipinski definition) is 1. The van der Waals surface area contributed by atoms with Crippen LogP contribution in [0.5, 0.6) is 0 Å². The second-order valence-corrected chi connectivity index (χ2v) is 6.60. The number of rotatable bonds is 6. The smallest absolute Gasteiger partial charge is 0.0360 e. The molecule has 2 heteroatoms. The second-order valence-electron chi connectivity index (χ2n) is 5.68. The fraction of sp³-hybridized carbons (Fsp3) is 0.368. The zero-order valence-electron chi connectivity index (χ0n) is 13.1. The average molecular weight is 346 g/mol. The third-order valence-corrected chi connectivity index (χ3v) is 4.40. The van der Waals surface area contributed by atoms with Gasteiger partial charge in [-0.1, -0.05) is 53.2 Å². The van der Waals surface area contributed by atoms with Crippen molar-refractivity contribution < 1.29 is 0 Å². The molecule has 112 valence electrons. The Morgan fingerprint density at radius 2 is 1.86 bits per heavy atom. The van der Waals surface area contributed by atoms with E-state index >= 15 is 0 Å². The molecular formula is C19H24BrN. The van der Waals surface area contributed by atoms with Crippen LogP contribution >= 0.6 is 15.9 Å². The van der Waals surface area contributed by atoms with Crippen molar-refractivity contribution in [3.8, 4) is 0 Å². The van der Waals surface area contributed by atoms with Gasteiger partial charge in [0.05, 0.1) is 0 Å². The lowest BCUT2D eigenvalue weighted by Gasteiger charge is -2.20. The second kappa shape index (κ2) is 7.77. The Morgan fingerprint density at radius 1 is 1.05 bits per heavy atom. The zero-order valence-corrected chi connectivity index (χ0v) is 14.7. The third kappa shape index (κ3) is 4.69. The average Bonchev–Trinajstić information content (AvgIpc) is 2.46. The molecule has 0 spiro atoms. The molecule has 2 rings (SSSR count). The monoisotopic (exact) mass is 345 g/mol. The molecule has 0 radical (unpaired) electrons. The molecule has 0 heterocycles. The Bertz CT molecular complexity index is 592. The Balaban J connectivity index is 2.22. The van der Waals surface area contributed by atoms with Gasteiger partial charge < -0.3 is 5.32 Å². The van der Waals surface area contributed by atoms with Crippen molar-refractivity contribution >= 4 is 15.9 Å². The van der Waals surface area contributed by atoms with Gasteiger partial charge in [-0.2, -0.15) is 0 Å². The first-order chi connectivity index (χ1) is 10.1. The first-order valence-electron chi connectivity index (χ1n) is 7.65. The standard InChI is InChI=1S/C19H24BrN/c1-4-10-21-19(13-16-6-5-7-18(20)12-16)17-9-8-14(2)15(3)11-17/h5-9,11-12,19,21H,4,10,13H2,1-3H3. The number of benzene rings is 2. The van der Waals surface area contributed by atoms with E-state index in [1.165, 1.54) is 22.3 Å². The van der Waals surface area contributed by atoms with E-state index in [0.717, 1.165) is 23.9 Å². The molecule has 21 heavy (non-hydrogen) atoms. The number of halogens is 1. The van der Waals surface area contributed by atoms with Crippen LogP contribution in [-0.4, -0.2) is 6.54 Å². The molecule has 1 atom stereocenters. The van der Waals surface area contributed by atoms with Gasteiger partial charge in [-0.3, -0.25) is 0 Å². The van der Waals surface area contributed by atoms with Crippen molar-refractivity contribution in [3.05, 3.63) is 69.2 Å². The Labute approximate surface area is 136 Å². The molecule has 1 N–H and O–H groups in total. The van der Waals surface area contributed by atoms with Gasteiger partial charge in [0.1, 0.15) is 0 Å². The Hall–Kier alpha value is -1.12. The molecule has 2 aromatic carbocycles. The van der Waals surface area contributed by atoms with Crippen molar-refractivity contribution in [2.24, 2.45) is 0 Å². The minimum Gasteiger partial charge on any atom is -0.310 e. The minimum atomic E-state index is 0.374. The predicted molar refractivity (Wildman–Crippen MR) is 94.8 cm³/mol. The quantitative estimate of drug-likeness (QED) is 0.743.